The third kappa shape index (κ3) is 3.81. The van der Waals surface area contributed by atoms with Crippen LogP contribution in [0, 0.1) is 11.7 Å². The molecule has 1 aromatic carbocycles. The Hall–Kier alpha value is -0.840. The summed E-state index contributed by atoms with van der Waals surface area (Å²) in [6, 6.07) is 4.10. The van der Waals surface area contributed by atoms with E-state index in [1.807, 2.05) is 0 Å². The molecule has 0 aliphatic heterocycles. The molecule has 5 heteroatoms. The molecule has 1 aliphatic rings. The first-order chi connectivity index (χ1) is 8.87. The van der Waals surface area contributed by atoms with E-state index in [0.29, 0.717) is 17.3 Å². The van der Waals surface area contributed by atoms with Crippen molar-refractivity contribution in [3.05, 3.63) is 34.1 Å². The molecule has 104 valence electrons. The molecule has 1 unspecified atom stereocenters. The summed E-state index contributed by atoms with van der Waals surface area (Å²) in [5.41, 5.74) is -0.0248. The summed E-state index contributed by atoms with van der Waals surface area (Å²) in [4.78, 5) is 12.0. The molecule has 1 fully saturated rings. The van der Waals surface area contributed by atoms with Gasteiger partial charge in [0, 0.05) is 23.7 Å². The van der Waals surface area contributed by atoms with Crippen LogP contribution in [-0.2, 0) is 0 Å². The quantitative estimate of drug-likeness (QED) is 0.712. The maximum atomic E-state index is 13.5. The van der Waals surface area contributed by atoms with Crippen molar-refractivity contribution < 1.29 is 18.0 Å². The molecular formula is C14H14BrF3O. The molecule has 2 rings (SSSR count). The van der Waals surface area contributed by atoms with Crippen LogP contribution in [-0.4, -0.2) is 11.7 Å². The van der Waals surface area contributed by atoms with Gasteiger partial charge < -0.3 is 0 Å². The molecule has 1 atom stereocenters. The summed E-state index contributed by atoms with van der Waals surface area (Å²) in [6.45, 7) is 0. The van der Waals surface area contributed by atoms with E-state index in [-0.39, 0.29) is 30.7 Å². The summed E-state index contributed by atoms with van der Waals surface area (Å²) < 4.78 is 40.7. The van der Waals surface area contributed by atoms with Gasteiger partial charge in [-0.05, 0) is 37.0 Å². The summed E-state index contributed by atoms with van der Waals surface area (Å²) in [7, 11) is 0. The molecule has 1 saturated carbocycles. The van der Waals surface area contributed by atoms with Crippen LogP contribution in [0.2, 0.25) is 0 Å². The van der Waals surface area contributed by atoms with Gasteiger partial charge in [0.25, 0.3) is 0 Å². The van der Waals surface area contributed by atoms with E-state index in [0.717, 1.165) is 0 Å². The number of Topliss-reactive ketones (excluding diaryl/α,β-unsaturated/α-hetero) is 1. The topological polar surface area (TPSA) is 17.1 Å². The molecule has 19 heavy (non-hydrogen) atoms. The number of carbonyl (C=O) groups excluding carboxylic acids is 1. The maximum absolute atomic E-state index is 13.5. The van der Waals surface area contributed by atoms with Crippen LogP contribution in [0.3, 0.4) is 0 Å². The molecule has 0 radical (unpaired) electrons. The first-order valence-electron chi connectivity index (χ1n) is 6.23. The monoisotopic (exact) mass is 334 g/mol. The van der Waals surface area contributed by atoms with Gasteiger partial charge in [0.15, 0.2) is 5.78 Å². The summed E-state index contributed by atoms with van der Waals surface area (Å²) in [5.74, 6) is -4.04. The lowest BCUT2D eigenvalue weighted by Gasteiger charge is -2.28. The highest BCUT2D eigenvalue weighted by Crippen LogP contribution is 2.38. The van der Waals surface area contributed by atoms with Gasteiger partial charge in [-0.15, -0.1) is 0 Å². The lowest BCUT2D eigenvalue weighted by atomic mass is 9.82. The van der Waals surface area contributed by atoms with Gasteiger partial charge >= 0.3 is 0 Å². The first kappa shape index (κ1) is 14.6. The Kier molecular flexibility index (Phi) is 4.33. The number of alkyl halides is 2. The molecule has 0 bridgehead atoms. The fourth-order valence-corrected chi connectivity index (χ4v) is 2.89. The summed E-state index contributed by atoms with van der Waals surface area (Å²) in [5, 5.41) is 0. The second kappa shape index (κ2) is 5.65. The molecule has 0 N–H and O–H groups in total. The van der Waals surface area contributed by atoms with Crippen molar-refractivity contribution in [3.8, 4) is 0 Å². The van der Waals surface area contributed by atoms with Crippen molar-refractivity contribution in [2.45, 2.75) is 38.0 Å². The minimum atomic E-state index is -2.68. The highest BCUT2D eigenvalue weighted by Gasteiger charge is 2.37. The molecule has 0 spiro atoms. The molecule has 0 saturated heterocycles. The van der Waals surface area contributed by atoms with E-state index < -0.39 is 17.5 Å². The predicted octanol–water partition coefficient (Wildman–Crippen LogP) is 4.99. The van der Waals surface area contributed by atoms with E-state index in [1.165, 1.54) is 18.2 Å². The Morgan fingerprint density at radius 3 is 2.84 bits per heavy atom. The Balaban J connectivity index is 2.06. The standard InChI is InChI=1S/C14H14BrF3O/c15-10-3-4-12(16)11(7-10)13(19)6-9-2-1-5-14(17,18)8-9/h3-4,7,9H,1-2,5-6,8H2. The van der Waals surface area contributed by atoms with Gasteiger partial charge in [0.1, 0.15) is 5.82 Å². The Morgan fingerprint density at radius 2 is 2.16 bits per heavy atom. The SMILES string of the molecule is O=C(CC1CCCC(F)(F)C1)c1cc(Br)ccc1F. The van der Waals surface area contributed by atoms with Gasteiger partial charge in [-0.3, -0.25) is 4.79 Å². The highest BCUT2D eigenvalue weighted by molar-refractivity contribution is 9.10. The van der Waals surface area contributed by atoms with Gasteiger partial charge in [-0.1, -0.05) is 15.9 Å². The van der Waals surface area contributed by atoms with Crippen LogP contribution in [0.1, 0.15) is 42.5 Å². The molecular weight excluding hydrogens is 321 g/mol. The van der Waals surface area contributed by atoms with Crippen molar-refractivity contribution in [2.75, 3.05) is 0 Å². The zero-order valence-corrected chi connectivity index (χ0v) is 11.9. The van der Waals surface area contributed by atoms with E-state index >= 15 is 0 Å². The van der Waals surface area contributed by atoms with Gasteiger partial charge in [-0.2, -0.15) is 0 Å². The van der Waals surface area contributed by atoms with E-state index in [4.69, 9.17) is 0 Å². The van der Waals surface area contributed by atoms with Crippen LogP contribution in [0.5, 0.6) is 0 Å². The lowest BCUT2D eigenvalue weighted by molar-refractivity contribution is -0.0521. The zero-order valence-electron chi connectivity index (χ0n) is 10.3. The molecule has 0 amide bonds. The van der Waals surface area contributed by atoms with E-state index in [9.17, 15) is 18.0 Å². The van der Waals surface area contributed by atoms with Crippen molar-refractivity contribution in [1.29, 1.82) is 0 Å². The van der Waals surface area contributed by atoms with Crippen LogP contribution in [0.25, 0.3) is 0 Å². The Labute approximate surface area is 118 Å². The number of rotatable bonds is 3. The molecule has 0 aromatic heterocycles. The average molecular weight is 335 g/mol. The molecule has 1 nitrogen and oxygen atoms in total. The minimum absolute atomic E-state index is 0.0109. The lowest BCUT2D eigenvalue weighted by Crippen LogP contribution is -2.27. The largest absolute Gasteiger partial charge is 0.294 e. The van der Waals surface area contributed by atoms with Crippen LogP contribution >= 0.6 is 15.9 Å². The Morgan fingerprint density at radius 1 is 1.42 bits per heavy atom. The minimum Gasteiger partial charge on any atom is -0.294 e. The zero-order chi connectivity index (χ0) is 14.0. The smallest absolute Gasteiger partial charge is 0.248 e. The molecule has 1 aliphatic carbocycles. The third-order valence-corrected chi connectivity index (χ3v) is 3.94. The van der Waals surface area contributed by atoms with Gasteiger partial charge in [0.2, 0.25) is 5.92 Å². The number of hydrogen-bond acceptors (Lipinski definition) is 1. The second-order valence-electron chi connectivity index (χ2n) is 5.07. The van der Waals surface area contributed by atoms with Crippen molar-refractivity contribution in [3.63, 3.8) is 0 Å². The normalized spacial score (nSPS) is 22.2. The molecule has 1 aromatic rings. The Bertz CT molecular complexity index is 488. The fraction of sp³-hybridized carbons (Fsp3) is 0.500. The number of halogens is 4. The van der Waals surface area contributed by atoms with Crippen molar-refractivity contribution in [1.82, 2.24) is 0 Å². The van der Waals surface area contributed by atoms with Crippen molar-refractivity contribution >= 4 is 21.7 Å². The van der Waals surface area contributed by atoms with E-state index in [1.54, 1.807) is 0 Å². The first-order valence-corrected chi connectivity index (χ1v) is 7.03. The van der Waals surface area contributed by atoms with Crippen LogP contribution < -0.4 is 0 Å². The van der Waals surface area contributed by atoms with Gasteiger partial charge in [-0.25, -0.2) is 13.2 Å². The predicted molar refractivity (Wildman–Crippen MR) is 70.0 cm³/mol. The van der Waals surface area contributed by atoms with Gasteiger partial charge in [0.05, 0.1) is 5.56 Å². The highest BCUT2D eigenvalue weighted by atomic mass is 79.9. The number of hydrogen-bond donors (Lipinski definition) is 0. The fourth-order valence-electron chi connectivity index (χ4n) is 2.53. The molecule has 0 heterocycles. The third-order valence-electron chi connectivity index (χ3n) is 3.45. The second-order valence-corrected chi connectivity index (χ2v) is 5.99. The van der Waals surface area contributed by atoms with Crippen LogP contribution in [0.15, 0.2) is 22.7 Å². The summed E-state index contributed by atoms with van der Waals surface area (Å²) >= 11 is 3.17. The maximum Gasteiger partial charge on any atom is 0.248 e. The number of carbonyl (C=O) groups is 1. The van der Waals surface area contributed by atoms with Crippen LogP contribution in [0.4, 0.5) is 13.2 Å². The summed E-state index contributed by atoms with van der Waals surface area (Å²) in [6.07, 6.45) is 0.642. The van der Waals surface area contributed by atoms with E-state index in [2.05, 4.69) is 15.9 Å². The number of benzene rings is 1. The number of ketones is 1. The van der Waals surface area contributed by atoms with Crippen molar-refractivity contribution in [2.24, 2.45) is 5.92 Å². The average Bonchev–Trinajstić information content (AvgIpc) is 2.31.